The summed E-state index contributed by atoms with van der Waals surface area (Å²) in [7, 11) is 0. The van der Waals surface area contributed by atoms with Gasteiger partial charge in [0.15, 0.2) is 0 Å². The van der Waals surface area contributed by atoms with Gasteiger partial charge in [-0.1, -0.05) is 11.8 Å². The molecule has 4 rings (SSSR count). The monoisotopic (exact) mass is 373 g/mol. The molecule has 0 bridgehead atoms. The van der Waals surface area contributed by atoms with Gasteiger partial charge >= 0.3 is 0 Å². The fourth-order valence-corrected chi connectivity index (χ4v) is 4.16. The van der Waals surface area contributed by atoms with Crippen LogP contribution in [-0.2, 0) is 6.54 Å². The first-order valence-electron chi connectivity index (χ1n) is 9.05. The normalized spacial score (nSPS) is 20.9. The van der Waals surface area contributed by atoms with Gasteiger partial charge < -0.3 is 9.67 Å². The molecular formula is C18H23N5O2S. The molecule has 1 saturated carbocycles. The second kappa shape index (κ2) is 7.00. The summed E-state index contributed by atoms with van der Waals surface area (Å²) in [5, 5.41) is 15.3. The largest absolute Gasteiger partial charge is 0.393 e. The Morgan fingerprint density at radius 2 is 2.04 bits per heavy atom. The van der Waals surface area contributed by atoms with Crippen molar-refractivity contribution in [2.75, 3.05) is 6.26 Å². The fourth-order valence-electron chi connectivity index (χ4n) is 3.82. The van der Waals surface area contributed by atoms with E-state index in [0.29, 0.717) is 34.5 Å². The third-order valence-corrected chi connectivity index (χ3v) is 5.89. The van der Waals surface area contributed by atoms with Gasteiger partial charge in [-0.2, -0.15) is 9.50 Å². The van der Waals surface area contributed by atoms with E-state index in [9.17, 15) is 9.90 Å². The Labute approximate surface area is 155 Å². The third kappa shape index (κ3) is 3.12. The van der Waals surface area contributed by atoms with Gasteiger partial charge in [0, 0.05) is 12.7 Å². The van der Waals surface area contributed by atoms with Gasteiger partial charge in [0.2, 0.25) is 5.16 Å². The zero-order valence-electron chi connectivity index (χ0n) is 15.1. The molecule has 3 aromatic heterocycles. The molecule has 0 amide bonds. The van der Waals surface area contributed by atoms with E-state index in [0.717, 1.165) is 37.6 Å². The predicted molar refractivity (Wildman–Crippen MR) is 102 cm³/mol. The summed E-state index contributed by atoms with van der Waals surface area (Å²) in [6.45, 7) is 2.55. The topological polar surface area (TPSA) is 85.3 Å². The Morgan fingerprint density at radius 1 is 1.27 bits per heavy atom. The van der Waals surface area contributed by atoms with Crippen molar-refractivity contribution >= 4 is 28.4 Å². The first-order valence-corrected chi connectivity index (χ1v) is 10.3. The number of aliphatic hydroxyl groups is 1. The second-order valence-corrected chi connectivity index (χ2v) is 7.82. The Hall–Kier alpha value is -1.93. The maximum atomic E-state index is 13.0. The van der Waals surface area contributed by atoms with Gasteiger partial charge in [0.05, 0.1) is 22.7 Å². The first kappa shape index (κ1) is 17.5. The van der Waals surface area contributed by atoms with Crippen LogP contribution < -0.4 is 5.56 Å². The van der Waals surface area contributed by atoms with Gasteiger partial charge in [0.25, 0.3) is 11.3 Å². The average molecular weight is 373 g/mol. The molecule has 0 radical (unpaired) electrons. The minimum absolute atomic E-state index is 0.0218. The summed E-state index contributed by atoms with van der Waals surface area (Å²) in [4.78, 5) is 21.9. The molecule has 138 valence electrons. The molecule has 0 aliphatic heterocycles. The van der Waals surface area contributed by atoms with Crippen LogP contribution in [0.5, 0.6) is 0 Å². The molecule has 8 heteroatoms. The maximum absolute atomic E-state index is 13.0. The van der Waals surface area contributed by atoms with Crippen molar-refractivity contribution in [3.05, 3.63) is 28.3 Å². The molecule has 1 fully saturated rings. The molecule has 7 nitrogen and oxygen atoms in total. The average Bonchev–Trinajstić information content (AvgIpc) is 3.05. The predicted octanol–water partition coefficient (Wildman–Crippen LogP) is 2.41. The third-order valence-electron chi connectivity index (χ3n) is 5.35. The van der Waals surface area contributed by atoms with E-state index in [4.69, 9.17) is 0 Å². The van der Waals surface area contributed by atoms with Gasteiger partial charge in [-0.15, -0.1) is 5.10 Å². The van der Waals surface area contributed by atoms with Crippen molar-refractivity contribution in [2.45, 2.75) is 56.8 Å². The second-order valence-electron chi connectivity index (χ2n) is 7.05. The molecule has 1 N–H and O–H groups in total. The minimum atomic E-state index is -0.139. The van der Waals surface area contributed by atoms with Crippen molar-refractivity contribution in [1.82, 2.24) is 24.1 Å². The number of pyridine rings is 1. The fraction of sp³-hybridized carbons (Fsp3) is 0.556. The van der Waals surface area contributed by atoms with Crippen LogP contribution in [0.25, 0.3) is 16.7 Å². The molecule has 26 heavy (non-hydrogen) atoms. The van der Waals surface area contributed by atoms with E-state index in [2.05, 4.69) is 15.1 Å². The number of aromatic nitrogens is 5. The smallest absolute Gasteiger partial charge is 0.261 e. The van der Waals surface area contributed by atoms with Crippen molar-refractivity contribution < 1.29 is 5.11 Å². The number of aliphatic hydroxyl groups excluding tert-OH is 1. The highest BCUT2D eigenvalue weighted by Crippen LogP contribution is 2.27. The van der Waals surface area contributed by atoms with Gasteiger partial charge in [-0.05, 0) is 57.3 Å². The summed E-state index contributed by atoms with van der Waals surface area (Å²) < 4.78 is 3.43. The number of rotatable bonds is 4. The quantitative estimate of drug-likeness (QED) is 0.707. The SMILES string of the molecule is CSc1nc2nc(C)c3c(=O)n(CCC4CCC(O)CC4)ccc3n2n1. The maximum Gasteiger partial charge on any atom is 0.261 e. The van der Waals surface area contributed by atoms with Crippen LogP contribution >= 0.6 is 11.8 Å². The molecule has 3 heterocycles. The lowest BCUT2D eigenvalue weighted by molar-refractivity contribution is 0.105. The standard InChI is InChI=1S/C18H23N5O2S/c1-11-15-14(23-17(19-11)20-18(21-23)26-2)8-10-22(16(15)25)9-7-12-3-5-13(24)6-4-12/h8,10,12-13,24H,3-7,9H2,1-2H3. The Kier molecular flexibility index (Phi) is 4.71. The lowest BCUT2D eigenvalue weighted by atomic mass is 9.85. The van der Waals surface area contributed by atoms with Crippen molar-refractivity contribution in [3.8, 4) is 0 Å². The summed E-state index contributed by atoms with van der Waals surface area (Å²) in [6.07, 6.45) is 8.43. The van der Waals surface area contributed by atoms with E-state index < -0.39 is 0 Å². The van der Waals surface area contributed by atoms with Gasteiger partial charge in [-0.25, -0.2) is 4.98 Å². The summed E-state index contributed by atoms with van der Waals surface area (Å²) in [5.74, 6) is 1.11. The van der Waals surface area contributed by atoms with Gasteiger partial charge in [-0.3, -0.25) is 4.79 Å². The van der Waals surface area contributed by atoms with E-state index in [1.807, 2.05) is 25.4 Å². The molecule has 1 aliphatic rings. The number of aryl methyl sites for hydroxylation is 2. The molecule has 1 aliphatic carbocycles. The van der Waals surface area contributed by atoms with Crippen LogP contribution in [0.3, 0.4) is 0 Å². The molecular weight excluding hydrogens is 350 g/mol. The Morgan fingerprint density at radius 3 is 2.77 bits per heavy atom. The molecule has 3 aromatic rings. The highest BCUT2D eigenvalue weighted by molar-refractivity contribution is 7.98. The highest BCUT2D eigenvalue weighted by atomic mass is 32.2. The first-order chi connectivity index (χ1) is 12.6. The highest BCUT2D eigenvalue weighted by Gasteiger charge is 2.20. The number of hydrogen-bond acceptors (Lipinski definition) is 6. The van der Waals surface area contributed by atoms with Crippen molar-refractivity contribution in [1.29, 1.82) is 0 Å². The molecule has 0 spiro atoms. The van der Waals surface area contributed by atoms with Crippen LogP contribution in [0, 0.1) is 12.8 Å². The summed E-state index contributed by atoms with van der Waals surface area (Å²) in [5.41, 5.74) is 1.42. The van der Waals surface area contributed by atoms with Crippen molar-refractivity contribution in [2.24, 2.45) is 5.92 Å². The Bertz CT molecular complexity index is 1000. The number of nitrogens with zero attached hydrogens (tertiary/aromatic N) is 5. The zero-order valence-corrected chi connectivity index (χ0v) is 15.9. The molecule has 0 unspecified atom stereocenters. The molecule has 0 aromatic carbocycles. The summed E-state index contributed by atoms with van der Waals surface area (Å²) in [6, 6.07) is 1.93. The van der Waals surface area contributed by atoms with Crippen LogP contribution in [-0.4, -0.2) is 41.6 Å². The van der Waals surface area contributed by atoms with Crippen LogP contribution in [0.15, 0.2) is 22.2 Å². The van der Waals surface area contributed by atoms with Crippen LogP contribution in [0.1, 0.15) is 37.8 Å². The van der Waals surface area contributed by atoms with E-state index >= 15 is 0 Å². The minimum Gasteiger partial charge on any atom is -0.393 e. The Balaban J connectivity index is 1.67. The molecule has 0 saturated heterocycles. The van der Waals surface area contributed by atoms with E-state index in [1.165, 1.54) is 11.8 Å². The number of hydrogen-bond donors (Lipinski definition) is 1. The molecule has 0 atom stereocenters. The van der Waals surface area contributed by atoms with E-state index in [1.54, 1.807) is 9.08 Å². The van der Waals surface area contributed by atoms with Crippen molar-refractivity contribution in [3.63, 3.8) is 0 Å². The van der Waals surface area contributed by atoms with Crippen LogP contribution in [0.4, 0.5) is 0 Å². The lowest BCUT2D eigenvalue weighted by Crippen LogP contribution is -2.24. The zero-order chi connectivity index (χ0) is 18.3. The number of fused-ring (bicyclic) bond motifs is 3. The van der Waals surface area contributed by atoms with E-state index in [-0.39, 0.29) is 11.7 Å². The summed E-state index contributed by atoms with van der Waals surface area (Å²) >= 11 is 1.46. The number of thioether (sulfide) groups is 1. The van der Waals surface area contributed by atoms with Crippen LogP contribution in [0.2, 0.25) is 0 Å². The lowest BCUT2D eigenvalue weighted by Gasteiger charge is -2.25. The van der Waals surface area contributed by atoms with Gasteiger partial charge in [0.1, 0.15) is 0 Å².